The first-order valence-electron chi connectivity index (χ1n) is 27.8. The zero-order chi connectivity index (χ0) is 55.2. The number of hydrogen-bond donors (Lipinski definition) is 1. The maximum absolute atomic E-state index is 3.22. The average Bonchev–Trinajstić information content (AvgIpc) is 4.17. The average molecular weight is 1120 g/mol. The Morgan fingerprint density at radius 1 is 0.148 bits per heavy atom. The molecule has 1 heterocycles. The predicted molar refractivity (Wildman–Crippen MR) is 363 cm³/mol. The van der Waals surface area contributed by atoms with E-state index in [-0.39, 0.29) is 0 Å². The smallest absolute Gasteiger partial charge is 0.00484 e. The third-order valence-corrected chi connectivity index (χ3v) is 22.9. The third kappa shape index (κ3) is 17.9. The fraction of sp³-hybridized carbons (Fsp3) is 0.0526. The lowest BCUT2D eigenvalue weighted by Gasteiger charge is -2.18. The fourth-order valence-electron chi connectivity index (χ4n) is 9.34. The van der Waals surface area contributed by atoms with Gasteiger partial charge in [-0.3, -0.25) is 0 Å². The number of nitrogens with one attached hydrogen (secondary N) is 1. The Morgan fingerprint density at radius 3 is 0.321 bits per heavy atom. The molecule has 1 nitrogen and oxygen atoms in total. The van der Waals surface area contributed by atoms with E-state index in [1.807, 2.05) is 0 Å². The normalized spacial score (nSPS) is 11.4. The van der Waals surface area contributed by atoms with E-state index in [0.29, 0.717) is 0 Å². The van der Waals surface area contributed by atoms with Crippen LogP contribution in [-0.2, 0) is 0 Å². The van der Waals surface area contributed by atoms with Gasteiger partial charge in [0.05, 0.1) is 0 Å². The van der Waals surface area contributed by atoms with Crippen LogP contribution in [0.25, 0.3) is 0 Å². The molecule has 1 N–H and O–H groups in total. The molecule has 5 heteroatoms. The van der Waals surface area contributed by atoms with Crippen molar-refractivity contribution in [3.63, 3.8) is 0 Å². The Morgan fingerprint density at radius 2 is 0.247 bits per heavy atom. The lowest BCUT2D eigenvalue weighted by molar-refractivity contribution is 0.857. The Balaban J connectivity index is 0.000000126. The molecule has 0 bridgehead atoms. The van der Waals surface area contributed by atoms with Gasteiger partial charge in [-0.05, 0) is 121 Å². The predicted octanol–water partition coefficient (Wildman–Crippen LogP) is 14.1. The van der Waals surface area contributed by atoms with Gasteiger partial charge in [-0.2, -0.15) is 0 Å². The first-order chi connectivity index (χ1) is 40.3. The molecule has 81 heavy (non-hydrogen) atoms. The highest BCUT2D eigenvalue weighted by Gasteiger charge is 2.18. The van der Waals surface area contributed by atoms with Crippen molar-refractivity contribution in [1.29, 1.82) is 0 Å². The van der Waals surface area contributed by atoms with Gasteiger partial charge in [-0.25, -0.2) is 0 Å². The van der Waals surface area contributed by atoms with Crippen LogP contribution in [-0.4, -0.2) is 13.1 Å². The van der Waals surface area contributed by atoms with Gasteiger partial charge in [0.15, 0.2) is 0 Å². The maximum Gasteiger partial charge on any atom is -0.00484 e. The molecule has 0 spiro atoms. The van der Waals surface area contributed by atoms with Crippen LogP contribution in [0.3, 0.4) is 0 Å². The van der Waals surface area contributed by atoms with Crippen LogP contribution in [0.1, 0.15) is 12.8 Å². The molecule has 1 fully saturated rings. The molecule has 398 valence electrons. The Hall–Kier alpha value is -7.68. The zero-order valence-electron chi connectivity index (χ0n) is 45.8. The Bertz CT molecular complexity index is 2660. The van der Waals surface area contributed by atoms with Gasteiger partial charge in [0, 0.05) is 0 Å². The first kappa shape index (κ1) is 58.0. The van der Waals surface area contributed by atoms with E-state index in [9.17, 15) is 0 Å². The van der Waals surface area contributed by atoms with Crippen LogP contribution < -0.4 is 69.0 Å². The van der Waals surface area contributed by atoms with Crippen LogP contribution in [0.15, 0.2) is 364 Å². The molecule has 0 saturated carbocycles. The second-order valence-electron chi connectivity index (χ2n) is 18.8. The van der Waals surface area contributed by atoms with Crippen molar-refractivity contribution in [2.75, 3.05) is 13.1 Å². The van der Waals surface area contributed by atoms with E-state index in [0.717, 1.165) is 0 Å². The molecule has 1 aliphatic heterocycles. The van der Waals surface area contributed by atoms with Gasteiger partial charge in [0.1, 0.15) is 0 Å². The van der Waals surface area contributed by atoms with Gasteiger partial charge in [-0.15, -0.1) is 0 Å². The fourth-order valence-corrected chi connectivity index (χ4v) is 18.6. The molecular formula is C76H69NP4. The topological polar surface area (TPSA) is 12.0 Å². The summed E-state index contributed by atoms with van der Waals surface area (Å²) >= 11 is 0. The molecule has 13 rings (SSSR count). The Labute approximate surface area is 487 Å². The van der Waals surface area contributed by atoms with E-state index < -0.39 is 31.7 Å². The van der Waals surface area contributed by atoms with Crippen molar-refractivity contribution in [2.24, 2.45) is 0 Å². The largest absolute Gasteiger partial charge is 0.317 e. The van der Waals surface area contributed by atoms with E-state index >= 15 is 0 Å². The summed E-state index contributed by atoms with van der Waals surface area (Å²) in [6.07, 6.45) is 2.78. The number of benzene rings is 12. The third-order valence-electron chi connectivity index (χ3n) is 13.1. The lowest BCUT2D eigenvalue weighted by Crippen LogP contribution is -2.20. The van der Waals surface area contributed by atoms with Gasteiger partial charge in [0.25, 0.3) is 0 Å². The molecule has 0 radical (unpaired) electrons. The van der Waals surface area contributed by atoms with E-state index in [4.69, 9.17) is 0 Å². The van der Waals surface area contributed by atoms with E-state index in [1.165, 1.54) is 89.6 Å². The second kappa shape index (κ2) is 33.2. The summed E-state index contributed by atoms with van der Waals surface area (Å²) in [6.45, 7) is 2.50. The summed E-state index contributed by atoms with van der Waals surface area (Å²) in [5, 5.41) is 20.0. The monoisotopic (exact) mass is 1120 g/mol. The van der Waals surface area contributed by atoms with Crippen LogP contribution in [0.4, 0.5) is 0 Å². The minimum Gasteiger partial charge on any atom is -0.317 e. The Kier molecular flexibility index (Phi) is 23.7. The molecule has 0 atom stereocenters. The maximum atomic E-state index is 3.22. The first-order valence-corrected chi connectivity index (χ1v) is 33.2. The molecule has 12 aromatic carbocycles. The van der Waals surface area contributed by atoms with Crippen LogP contribution in [0.5, 0.6) is 0 Å². The SMILES string of the molecule is C1CCNC1.c1ccc(P(c2ccccc2)c2ccccc2)cc1.c1ccc(P(c2ccccc2)c2ccccc2)cc1.c1ccc(P(c2ccccc2)c2ccccc2)cc1.c1ccc(P(c2ccccc2)c2ccccc2)cc1. The number of rotatable bonds is 12. The molecule has 1 saturated heterocycles. The van der Waals surface area contributed by atoms with Gasteiger partial charge >= 0.3 is 0 Å². The quantitative estimate of drug-likeness (QED) is 0.120. The highest BCUT2D eigenvalue weighted by atomic mass is 31.1. The van der Waals surface area contributed by atoms with Gasteiger partial charge in [-0.1, -0.05) is 364 Å². The number of hydrogen-bond acceptors (Lipinski definition) is 1. The van der Waals surface area contributed by atoms with Crippen molar-refractivity contribution in [3.8, 4) is 0 Å². The summed E-state index contributed by atoms with van der Waals surface area (Å²) in [7, 11) is -1.78. The minimum atomic E-state index is -0.446. The zero-order valence-corrected chi connectivity index (χ0v) is 49.3. The summed E-state index contributed by atoms with van der Waals surface area (Å²) in [4.78, 5) is 0. The van der Waals surface area contributed by atoms with Crippen molar-refractivity contribution in [1.82, 2.24) is 5.32 Å². The molecular weight excluding hydrogens is 1050 g/mol. The van der Waals surface area contributed by atoms with Crippen molar-refractivity contribution in [2.45, 2.75) is 12.8 Å². The minimum absolute atomic E-state index is 0.446. The van der Waals surface area contributed by atoms with E-state index in [1.54, 1.807) is 0 Å². The van der Waals surface area contributed by atoms with Gasteiger partial charge < -0.3 is 5.32 Å². The van der Waals surface area contributed by atoms with Crippen LogP contribution >= 0.6 is 31.7 Å². The summed E-state index contributed by atoms with van der Waals surface area (Å²) in [5.74, 6) is 0. The summed E-state index contributed by atoms with van der Waals surface area (Å²) in [6, 6.07) is 129. The standard InChI is InChI=1S/4C18H15P.C4H9N/c4*1-4-10-16(11-5-1)19(17-12-6-2-7-13-17)18-14-8-3-9-15-18;1-2-4-5-3-1/h4*1-15H;5H,1-4H2. The summed E-state index contributed by atoms with van der Waals surface area (Å²) < 4.78 is 0. The lowest BCUT2D eigenvalue weighted by atomic mass is 10.4. The van der Waals surface area contributed by atoms with Crippen molar-refractivity contribution in [3.05, 3.63) is 364 Å². The molecule has 0 amide bonds. The van der Waals surface area contributed by atoms with Crippen molar-refractivity contribution < 1.29 is 0 Å². The second-order valence-corrected chi connectivity index (χ2v) is 27.7. The molecule has 12 aromatic rings. The molecule has 1 aliphatic rings. The van der Waals surface area contributed by atoms with Crippen LogP contribution in [0, 0.1) is 0 Å². The van der Waals surface area contributed by atoms with Crippen molar-refractivity contribution >= 4 is 95.3 Å². The highest BCUT2D eigenvalue weighted by Crippen LogP contribution is 2.35. The van der Waals surface area contributed by atoms with E-state index in [2.05, 4.69) is 369 Å². The molecule has 0 aliphatic carbocycles. The molecule has 0 aromatic heterocycles. The van der Waals surface area contributed by atoms with Crippen LogP contribution in [0.2, 0.25) is 0 Å². The summed E-state index contributed by atoms with van der Waals surface area (Å²) in [5.41, 5.74) is 0. The highest BCUT2D eigenvalue weighted by molar-refractivity contribution is 7.81. The van der Waals surface area contributed by atoms with Gasteiger partial charge in [0.2, 0.25) is 0 Å². The molecule has 0 unspecified atom stereocenters.